The Hall–Kier alpha value is -1.82. The van der Waals surface area contributed by atoms with Gasteiger partial charge in [0.05, 0.1) is 19.4 Å². The molecule has 0 spiro atoms. The van der Waals surface area contributed by atoms with Crippen molar-refractivity contribution in [1.29, 1.82) is 0 Å². The molecule has 18 heavy (non-hydrogen) atoms. The molecule has 0 fully saturated rings. The fraction of sp³-hybridized carbons (Fsp3) is 0.333. The molecule has 0 aliphatic carbocycles. The zero-order chi connectivity index (χ0) is 13.0. The number of thiazole rings is 1. The molecule has 0 saturated carbocycles. The maximum absolute atomic E-state index is 11.6. The minimum Gasteiger partial charge on any atom is -0.467 e. The molecule has 0 unspecified atom stereocenters. The van der Waals surface area contributed by atoms with E-state index in [4.69, 9.17) is 9.15 Å². The summed E-state index contributed by atoms with van der Waals surface area (Å²) in [5, 5.41) is 3.80. The molecular formula is C12H14N2O3S. The van der Waals surface area contributed by atoms with Crippen LogP contribution in [0.2, 0.25) is 0 Å². The number of carbonyl (C=O) groups excluding carboxylic acids is 1. The first-order valence-electron chi connectivity index (χ1n) is 5.61. The van der Waals surface area contributed by atoms with Crippen molar-refractivity contribution in [2.75, 3.05) is 11.9 Å². The molecule has 0 bridgehead atoms. The van der Waals surface area contributed by atoms with Crippen molar-refractivity contribution < 1.29 is 13.9 Å². The molecule has 0 aliphatic heterocycles. The van der Waals surface area contributed by atoms with Crippen LogP contribution in [-0.4, -0.2) is 17.6 Å². The van der Waals surface area contributed by atoms with Gasteiger partial charge in [0.1, 0.15) is 5.76 Å². The molecule has 1 N–H and O–H groups in total. The molecule has 96 valence electrons. The fourth-order valence-electron chi connectivity index (χ4n) is 1.44. The van der Waals surface area contributed by atoms with Gasteiger partial charge in [-0.25, -0.2) is 9.78 Å². The van der Waals surface area contributed by atoms with Crippen molar-refractivity contribution in [1.82, 2.24) is 4.98 Å². The van der Waals surface area contributed by atoms with Crippen LogP contribution in [0.4, 0.5) is 5.13 Å². The highest BCUT2D eigenvalue weighted by Crippen LogP contribution is 2.23. The van der Waals surface area contributed by atoms with E-state index in [-0.39, 0.29) is 5.97 Å². The van der Waals surface area contributed by atoms with Gasteiger partial charge in [0.2, 0.25) is 0 Å². The van der Waals surface area contributed by atoms with Crippen LogP contribution in [0.15, 0.2) is 22.8 Å². The Morgan fingerprint density at radius 3 is 3.11 bits per heavy atom. The van der Waals surface area contributed by atoms with Crippen LogP contribution in [-0.2, 0) is 11.3 Å². The van der Waals surface area contributed by atoms with Gasteiger partial charge < -0.3 is 14.5 Å². The minimum absolute atomic E-state index is 0.352. The second kappa shape index (κ2) is 5.68. The number of nitrogens with zero attached hydrogens (tertiary/aromatic N) is 1. The number of rotatable bonds is 5. The molecule has 2 aromatic heterocycles. The van der Waals surface area contributed by atoms with Crippen molar-refractivity contribution in [3.63, 3.8) is 0 Å². The van der Waals surface area contributed by atoms with E-state index in [1.165, 1.54) is 11.3 Å². The van der Waals surface area contributed by atoms with E-state index in [9.17, 15) is 4.79 Å². The summed E-state index contributed by atoms with van der Waals surface area (Å²) in [6, 6.07) is 3.70. The summed E-state index contributed by atoms with van der Waals surface area (Å²) in [4.78, 5) is 16.6. The molecule has 2 aromatic rings. The normalized spacial score (nSPS) is 10.3. The van der Waals surface area contributed by atoms with Gasteiger partial charge in [0.25, 0.3) is 0 Å². The smallest absolute Gasteiger partial charge is 0.358 e. The van der Waals surface area contributed by atoms with Crippen LogP contribution in [0.1, 0.15) is 28.0 Å². The number of aryl methyl sites for hydroxylation is 1. The molecule has 2 rings (SSSR count). The molecule has 0 aromatic carbocycles. The number of hydrogen-bond donors (Lipinski definition) is 1. The lowest BCUT2D eigenvalue weighted by Gasteiger charge is -1.99. The van der Waals surface area contributed by atoms with E-state index in [0.717, 1.165) is 10.6 Å². The Kier molecular flexibility index (Phi) is 3.99. The average molecular weight is 266 g/mol. The zero-order valence-corrected chi connectivity index (χ0v) is 11.0. The van der Waals surface area contributed by atoms with Crippen molar-refractivity contribution in [2.45, 2.75) is 20.4 Å². The van der Waals surface area contributed by atoms with E-state index < -0.39 is 0 Å². The van der Waals surface area contributed by atoms with Crippen LogP contribution in [0.25, 0.3) is 0 Å². The molecular weight excluding hydrogens is 252 g/mol. The van der Waals surface area contributed by atoms with Gasteiger partial charge in [-0.3, -0.25) is 0 Å². The first kappa shape index (κ1) is 12.6. The summed E-state index contributed by atoms with van der Waals surface area (Å²) in [5.41, 5.74) is 0.379. The first-order chi connectivity index (χ1) is 8.70. The molecule has 0 atom stereocenters. The van der Waals surface area contributed by atoms with E-state index in [2.05, 4.69) is 10.3 Å². The van der Waals surface area contributed by atoms with E-state index >= 15 is 0 Å². The summed E-state index contributed by atoms with van der Waals surface area (Å²) in [5.74, 6) is 0.442. The van der Waals surface area contributed by atoms with Gasteiger partial charge in [0.15, 0.2) is 10.8 Å². The maximum atomic E-state index is 11.6. The van der Waals surface area contributed by atoms with Crippen LogP contribution < -0.4 is 5.32 Å². The standard InChI is InChI=1S/C12H14N2O3S/c1-3-16-11(15)10-8(2)18-12(14-10)13-7-9-5-4-6-17-9/h4-6H,3,7H2,1-2H3,(H,13,14). The number of carbonyl (C=O) groups is 1. The monoisotopic (exact) mass is 266 g/mol. The van der Waals surface area contributed by atoms with E-state index in [0.29, 0.717) is 24.0 Å². The molecule has 0 radical (unpaired) electrons. The van der Waals surface area contributed by atoms with Gasteiger partial charge in [-0.05, 0) is 26.0 Å². The summed E-state index contributed by atoms with van der Waals surface area (Å²) >= 11 is 1.43. The Labute approximate surface area is 109 Å². The average Bonchev–Trinajstić information content (AvgIpc) is 2.96. The number of anilines is 1. The third kappa shape index (κ3) is 2.89. The Morgan fingerprint density at radius 2 is 2.44 bits per heavy atom. The van der Waals surface area contributed by atoms with Gasteiger partial charge in [-0.2, -0.15) is 0 Å². The number of nitrogens with one attached hydrogen (secondary N) is 1. The highest BCUT2D eigenvalue weighted by atomic mass is 32.1. The first-order valence-corrected chi connectivity index (χ1v) is 6.43. The highest BCUT2D eigenvalue weighted by molar-refractivity contribution is 7.15. The van der Waals surface area contributed by atoms with E-state index in [1.54, 1.807) is 13.2 Å². The third-order valence-corrected chi connectivity index (χ3v) is 3.19. The second-order valence-electron chi connectivity index (χ2n) is 3.58. The quantitative estimate of drug-likeness (QED) is 0.843. The predicted molar refractivity (Wildman–Crippen MR) is 68.8 cm³/mol. The molecule has 5 nitrogen and oxygen atoms in total. The number of hydrogen-bond acceptors (Lipinski definition) is 6. The Balaban J connectivity index is 2.02. The largest absolute Gasteiger partial charge is 0.467 e. The lowest BCUT2D eigenvalue weighted by atomic mass is 10.4. The lowest BCUT2D eigenvalue weighted by Crippen LogP contribution is -2.07. The van der Waals surface area contributed by atoms with Crippen LogP contribution >= 0.6 is 11.3 Å². The van der Waals surface area contributed by atoms with Gasteiger partial charge in [-0.1, -0.05) is 0 Å². The van der Waals surface area contributed by atoms with Gasteiger partial charge in [0, 0.05) is 4.88 Å². The summed E-state index contributed by atoms with van der Waals surface area (Å²) in [7, 11) is 0. The van der Waals surface area contributed by atoms with Crippen molar-refractivity contribution in [2.24, 2.45) is 0 Å². The summed E-state index contributed by atoms with van der Waals surface area (Å²) < 4.78 is 10.1. The van der Waals surface area contributed by atoms with Crippen LogP contribution in [0.5, 0.6) is 0 Å². The minimum atomic E-state index is -0.378. The number of esters is 1. The molecule has 6 heteroatoms. The van der Waals surface area contributed by atoms with Crippen molar-refractivity contribution >= 4 is 22.4 Å². The van der Waals surface area contributed by atoms with Gasteiger partial charge in [-0.15, -0.1) is 11.3 Å². The lowest BCUT2D eigenvalue weighted by molar-refractivity contribution is 0.0519. The van der Waals surface area contributed by atoms with E-state index in [1.807, 2.05) is 19.1 Å². The molecule has 0 aliphatic rings. The SMILES string of the molecule is CCOC(=O)c1nc(NCc2ccco2)sc1C. The number of furan rings is 1. The molecule has 0 amide bonds. The highest BCUT2D eigenvalue weighted by Gasteiger charge is 2.16. The number of ether oxygens (including phenoxy) is 1. The number of aromatic nitrogens is 1. The van der Waals surface area contributed by atoms with Crippen LogP contribution in [0.3, 0.4) is 0 Å². The fourth-order valence-corrected chi connectivity index (χ4v) is 2.23. The Morgan fingerprint density at radius 1 is 1.61 bits per heavy atom. The van der Waals surface area contributed by atoms with Crippen LogP contribution in [0, 0.1) is 6.92 Å². The second-order valence-corrected chi connectivity index (χ2v) is 4.78. The summed E-state index contributed by atoms with van der Waals surface area (Å²) in [6.45, 7) is 4.52. The Bertz CT molecular complexity index is 519. The molecule has 2 heterocycles. The van der Waals surface area contributed by atoms with Gasteiger partial charge >= 0.3 is 5.97 Å². The topological polar surface area (TPSA) is 64.4 Å². The molecule has 0 saturated heterocycles. The van der Waals surface area contributed by atoms with Crippen molar-refractivity contribution in [3.8, 4) is 0 Å². The maximum Gasteiger partial charge on any atom is 0.358 e. The zero-order valence-electron chi connectivity index (χ0n) is 10.2. The predicted octanol–water partition coefficient (Wildman–Crippen LogP) is 2.83. The van der Waals surface area contributed by atoms with Crippen molar-refractivity contribution in [3.05, 3.63) is 34.7 Å². The third-order valence-electron chi connectivity index (χ3n) is 2.26. The summed E-state index contributed by atoms with van der Waals surface area (Å²) in [6.07, 6.45) is 1.62.